The molecular weight excluding hydrogens is 446 g/mol. The minimum atomic E-state index is -0.650. The summed E-state index contributed by atoms with van der Waals surface area (Å²) in [6.45, 7) is 4.57. The highest BCUT2D eigenvalue weighted by Crippen LogP contribution is 2.35. The summed E-state index contributed by atoms with van der Waals surface area (Å²) in [7, 11) is 1.92. The zero-order valence-electron chi connectivity index (χ0n) is 19.8. The summed E-state index contributed by atoms with van der Waals surface area (Å²) in [5.74, 6) is -0.222. The molecule has 4 aromatic rings. The standard InChI is InChI=1S/C26H27N5O4/c1-14-19(11-30(3)29-14)17-6-4-5-7-18(17)23-15(2)31-9-8-16(10-22(31)28-23)26(33)27-20-12-34-25-21(32)13-35-24(20)25/h4-11,20-21,24-25,32H,12-13H2,1-3H3,(H,27,33)/t20-,21-,24+,25+/m0/s1. The number of hydrogen-bond donors (Lipinski definition) is 2. The Kier molecular flexibility index (Phi) is 5.21. The fraction of sp³-hybridized carbons (Fsp3) is 0.346. The summed E-state index contributed by atoms with van der Waals surface area (Å²) >= 11 is 0. The van der Waals surface area contributed by atoms with E-state index < -0.39 is 6.10 Å². The molecule has 5 heterocycles. The molecule has 1 amide bonds. The number of carbonyl (C=O) groups is 1. The molecule has 2 aliphatic heterocycles. The number of amides is 1. The van der Waals surface area contributed by atoms with Crippen molar-refractivity contribution >= 4 is 11.6 Å². The van der Waals surface area contributed by atoms with Gasteiger partial charge in [0.2, 0.25) is 0 Å². The van der Waals surface area contributed by atoms with E-state index in [4.69, 9.17) is 14.5 Å². The van der Waals surface area contributed by atoms with Gasteiger partial charge in [-0.05, 0) is 31.5 Å². The molecule has 4 atom stereocenters. The number of nitrogens with one attached hydrogen (secondary N) is 1. The minimum absolute atomic E-state index is 0.222. The average molecular weight is 474 g/mol. The molecule has 2 saturated heterocycles. The number of aromatic nitrogens is 4. The van der Waals surface area contributed by atoms with Gasteiger partial charge in [0, 0.05) is 41.8 Å². The van der Waals surface area contributed by atoms with Crippen molar-refractivity contribution in [1.82, 2.24) is 24.5 Å². The second-order valence-electron chi connectivity index (χ2n) is 9.28. The van der Waals surface area contributed by atoms with E-state index in [0.717, 1.165) is 33.8 Å². The fourth-order valence-electron chi connectivity index (χ4n) is 5.21. The van der Waals surface area contributed by atoms with Crippen LogP contribution in [0.25, 0.3) is 28.0 Å². The van der Waals surface area contributed by atoms with Crippen LogP contribution in [-0.2, 0) is 16.5 Å². The van der Waals surface area contributed by atoms with E-state index in [0.29, 0.717) is 17.8 Å². The molecule has 9 nitrogen and oxygen atoms in total. The smallest absolute Gasteiger partial charge is 0.251 e. The first-order valence-electron chi connectivity index (χ1n) is 11.7. The molecule has 6 rings (SSSR count). The zero-order chi connectivity index (χ0) is 24.3. The Morgan fingerprint density at radius 2 is 1.86 bits per heavy atom. The molecule has 35 heavy (non-hydrogen) atoms. The van der Waals surface area contributed by atoms with Crippen molar-refractivity contribution in [2.75, 3.05) is 13.2 Å². The number of rotatable bonds is 4. The van der Waals surface area contributed by atoms with Crippen molar-refractivity contribution in [1.29, 1.82) is 0 Å². The zero-order valence-corrected chi connectivity index (χ0v) is 19.8. The minimum Gasteiger partial charge on any atom is -0.388 e. The lowest BCUT2D eigenvalue weighted by Crippen LogP contribution is -2.44. The summed E-state index contributed by atoms with van der Waals surface area (Å²) in [6.07, 6.45) is 2.53. The van der Waals surface area contributed by atoms with Gasteiger partial charge in [0.05, 0.1) is 30.6 Å². The monoisotopic (exact) mass is 473 g/mol. The van der Waals surface area contributed by atoms with Gasteiger partial charge in [0.1, 0.15) is 24.0 Å². The Morgan fingerprint density at radius 3 is 2.63 bits per heavy atom. The van der Waals surface area contributed by atoms with Crippen LogP contribution in [0.2, 0.25) is 0 Å². The molecule has 3 aromatic heterocycles. The van der Waals surface area contributed by atoms with Crippen molar-refractivity contribution in [2.24, 2.45) is 7.05 Å². The molecule has 0 radical (unpaired) electrons. The Hall–Kier alpha value is -3.53. The second-order valence-corrected chi connectivity index (χ2v) is 9.28. The lowest BCUT2D eigenvalue weighted by atomic mass is 9.97. The summed E-state index contributed by atoms with van der Waals surface area (Å²) in [6, 6.07) is 11.5. The van der Waals surface area contributed by atoms with Gasteiger partial charge in [-0.25, -0.2) is 4.98 Å². The van der Waals surface area contributed by atoms with E-state index in [1.54, 1.807) is 12.1 Å². The number of ether oxygens (including phenoxy) is 2. The molecule has 0 unspecified atom stereocenters. The van der Waals surface area contributed by atoms with Gasteiger partial charge in [0.15, 0.2) is 0 Å². The highest BCUT2D eigenvalue weighted by molar-refractivity contribution is 5.95. The number of benzene rings is 1. The largest absolute Gasteiger partial charge is 0.388 e. The van der Waals surface area contributed by atoms with Crippen LogP contribution in [0, 0.1) is 13.8 Å². The van der Waals surface area contributed by atoms with Gasteiger partial charge in [-0.1, -0.05) is 24.3 Å². The summed E-state index contributed by atoms with van der Waals surface area (Å²) in [5.41, 5.74) is 7.15. The third-order valence-corrected chi connectivity index (χ3v) is 6.96. The lowest BCUT2D eigenvalue weighted by molar-refractivity contribution is 0.0178. The first-order chi connectivity index (χ1) is 16.9. The van der Waals surface area contributed by atoms with E-state index in [2.05, 4.69) is 22.5 Å². The van der Waals surface area contributed by atoms with Gasteiger partial charge in [-0.2, -0.15) is 5.10 Å². The van der Waals surface area contributed by atoms with Crippen LogP contribution < -0.4 is 5.32 Å². The van der Waals surface area contributed by atoms with Crippen LogP contribution in [0.1, 0.15) is 21.7 Å². The van der Waals surface area contributed by atoms with Crippen molar-refractivity contribution in [3.8, 4) is 22.4 Å². The predicted molar refractivity (Wildman–Crippen MR) is 129 cm³/mol. The molecule has 0 saturated carbocycles. The third-order valence-electron chi connectivity index (χ3n) is 6.96. The Balaban J connectivity index is 1.32. The number of imidazole rings is 1. The third kappa shape index (κ3) is 3.63. The van der Waals surface area contributed by atoms with E-state index in [-0.39, 0.29) is 30.8 Å². The van der Waals surface area contributed by atoms with Gasteiger partial charge in [-0.15, -0.1) is 0 Å². The molecule has 2 N–H and O–H groups in total. The highest BCUT2D eigenvalue weighted by atomic mass is 16.6. The molecule has 9 heteroatoms. The Bertz CT molecular complexity index is 1440. The van der Waals surface area contributed by atoms with E-state index in [9.17, 15) is 9.90 Å². The van der Waals surface area contributed by atoms with Gasteiger partial charge >= 0.3 is 0 Å². The van der Waals surface area contributed by atoms with Gasteiger partial charge < -0.3 is 24.3 Å². The molecule has 0 bridgehead atoms. The number of nitrogens with zero attached hydrogens (tertiary/aromatic N) is 4. The van der Waals surface area contributed by atoms with Crippen LogP contribution >= 0.6 is 0 Å². The molecule has 0 spiro atoms. The number of aliphatic hydroxyl groups excluding tert-OH is 1. The first kappa shape index (κ1) is 22.0. The van der Waals surface area contributed by atoms with Crippen molar-refractivity contribution in [3.05, 3.63) is 65.7 Å². The van der Waals surface area contributed by atoms with E-state index >= 15 is 0 Å². The van der Waals surface area contributed by atoms with Crippen molar-refractivity contribution in [2.45, 2.75) is 38.2 Å². The van der Waals surface area contributed by atoms with E-state index in [1.165, 1.54) is 0 Å². The van der Waals surface area contributed by atoms with Crippen molar-refractivity contribution in [3.63, 3.8) is 0 Å². The predicted octanol–water partition coefficient (Wildman–Crippen LogP) is 2.28. The molecule has 2 aliphatic rings. The fourth-order valence-corrected chi connectivity index (χ4v) is 5.21. The maximum atomic E-state index is 13.0. The van der Waals surface area contributed by atoms with Crippen LogP contribution in [0.3, 0.4) is 0 Å². The number of carbonyl (C=O) groups excluding carboxylic acids is 1. The van der Waals surface area contributed by atoms with Gasteiger partial charge in [0.25, 0.3) is 5.91 Å². The molecule has 2 fully saturated rings. The number of fused-ring (bicyclic) bond motifs is 2. The molecular formula is C26H27N5O4. The second kappa shape index (κ2) is 8.30. The Labute approximate surface area is 202 Å². The molecule has 180 valence electrons. The van der Waals surface area contributed by atoms with Crippen LogP contribution in [0.4, 0.5) is 0 Å². The maximum absolute atomic E-state index is 13.0. The first-order valence-corrected chi connectivity index (χ1v) is 11.7. The topological polar surface area (TPSA) is 103 Å². The number of aliphatic hydroxyl groups is 1. The lowest BCUT2D eigenvalue weighted by Gasteiger charge is -2.17. The summed E-state index contributed by atoms with van der Waals surface area (Å²) in [4.78, 5) is 17.9. The number of aryl methyl sites for hydroxylation is 3. The highest BCUT2D eigenvalue weighted by Gasteiger charge is 2.47. The van der Waals surface area contributed by atoms with Crippen molar-refractivity contribution < 1.29 is 19.4 Å². The van der Waals surface area contributed by atoms with E-state index in [1.807, 2.05) is 54.5 Å². The normalized spacial score (nSPS) is 23.7. The summed E-state index contributed by atoms with van der Waals surface area (Å²) in [5, 5.41) is 17.4. The Morgan fingerprint density at radius 1 is 1.09 bits per heavy atom. The van der Waals surface area contributed by atoms with Crippen LogP contribution in [0.5, 0.6) is 0 Å². The maximum Gasteiger partial charge on any atom is 0.251 e. The average Bonchev–Trinajstić information content (AvgIpc) is 3.59. The van der Waals surface area contributed by atoms with Crippen LogP contribution in [0.15, 0.2) is 48.8 Å². The number of hydrogen-bond acceptors (Lipinski definition) is 6. The molecule has 0 aliphatic carbocycles. The molecule has 1 aromatic carbocycles. The van der Waals surface area contributed by atoms with Crippen LogP contribution in [-0.4, -0.2) is 67.7 Å². The SMILES string of the molecule is Cc1nn(C)cc1-c1ccccc1-c1nc2cc(C(=O)N[C@H]3CO[C@H]4[C@@H]3OC[C@@H]4O)ccn2c1C. The quantitative estimate of drug-likeness (QED) is 0.472. The number of pyridine rings is 1. The summed E-state index contributed by atoms with van der Waals surface area (Å²) < 4.78 is 15.1. The van der Waals surface area contributed by atoms with Gasteiger partial charge in [-0.3, -0.25) is 9.48 Å².